The molecule has 0 aliphatic rings. The number of anilines is 1. The molecule has 8 heteroatoms. The number of esters is 1. The third-order valence-corrected chi connectivity index (χ3v) is 3.03. The van der Waals surface area contributed by atoms with E-state index in [0.717, 1.165) is 5.82 Å². The Labute approximate surface area is 108 Å². The fraction of sp³-hybridized carbons (Fsp3) is 0.400. The van der Waals surface area contributed by atoms with Gasteiger partial charge in [0.1, 0.15) is 11.3 Å². The van der Waals surface area contributed by atoms with Gasteiger partial charge in [-0.25, -0.2) is 9.78 Å². The van der Waals surface area contributed by atoms with E-state index < -0.39 is 5.97 Å². The van der Waals surface area contributed by atoms with E-state index in [1.165, 1.54) is 11.3 Å². The lowest BCUT2D eigenvalue weighted by atomic mass is 10.4. The fourth-order valence-electron chi connectivity index (χ4n) is 1.34. The van der Waals surface area contributed by atoms with Gasteiger partial charge in [0.2, 0.25) is 0 Å². The molecule has 0 atom stereocenters. The average Bonchev–Trinajstić information content (AvgIpc) is 2.95. The van der Waals surface area contributed by atoms with Crippen LogP contribution in [0.4, 0.5) is 5.00 Å². The molecule has 0 aromatic carbocycles. The molecule has 0 spiro atoms. The van der Waals surface area contributed by atoms with Gasteiger partial charge >= 0.3 is 5.97 Å². The number of nitrogens with one attached hydrogen (secondary N) is 1. The highest BCUT2D eigenvalue weighted by molar-refractivity contribution is 7.14. The standard InChI is InChI=1S/C10H13N5O2S/c1-3-17-10(16)8-9(18-6-12-8)11-4-7-14-13-5-15(7)2/h5-6,11H,3-4H2,1-2H3. The van der Waals surface area contributed by atoms with Crippen molar-refractivity contribution < 1.29 is 9.53 Å². The zero-order valence-corrected chi connectivity index (χ0v) is 10.9. The number of carbonyl (C=O) groups excluding carboxylic acids is 1. The van der Waals surface area contributed by atoms with Crippen LogP contribution in [0.2, 0.25) is 0 Å². The molecule has 96 valence electrons. The van der Waals surface area contributed by atoms with E-state index in [2.05, 4.69) is 20.5 Å². The summed E-state index contributed by atoms with van der Waals surface area (Å²) < 4.78 is 6.72. The summed E-state index contributed by atoms with van der Waals surface area (Å²) >= 11 is 1.35. The molecule has 2 heterocycles. The molecular weight excluding hydrogens is 254 g/mol. The molecule has 2 rings (SSSR count). The zero-order valence-electron chi connectivity index (χ0n) is 10.1. The van der Waals surface area contributed by atoms with Gasteiger partial charge in [-0.3, -0.25) is 0 Å². The van der Waals surface area contributed by atoms with E-state index in [0.29, 0.717) is 23.8 Å². The molecule has 0 unspecified atom stereocenters. The van der Waals surface area contributed by atoms with Crippen molar-refractivity contribution in [2.24, 2.45) is 7.05 Å². The molecule has 0 aliphatic heterocycles. The van der Waals surface area contributed by atoms with E-state index in [9.17, 15) is 4.79 Å². The van der Waals surface area contributed by atoms with Gasteiger partial charge in [0.25, 0.3) is 0 Å². The van der Waals surface area contributed by atoms with Gasteiger partial charge in [0, 0.05) is 7.05 Å². The highest BCUT2D eigenvalue weighted by Gasteiger charge is 2.16. The molecule has 0 radical (unpaired) electrons. The van der Waals surface area contributed by atoms with Crippen molar-refractivity contribution in [2.75, 3.05) is 11.9 Å². The predicted octanol–water partition coefficient (Wildman–Crippen LogP) is 1.06. The Balaban J connectivity index is 2.04. The SMILES string of the molecule is CCOC(=O)c1ncsc1NCc1nncn1C. The summed E-state index contributed by atoms with van der Waals surface area (Å²) in [5, 5.41) is 11.5. The van der Waals surface area contributed by atoms with Crippen LogP contribution in [0.5, 0.6) is 0 Å². The Kier molecular flexibility index (Phi) is 3.88. The zero-order chi connectivity index (χ0) is 13.0. The summed E-state index contributed by atoms with van der Waals surface area (Å²) in [6.45, 7) is 2.57. The summed E-state index contributed by atoms with van der Waals surface area (Å²) in [7, 11) is 1.86. The van der Waals surface area contributed by atoms with E-state index in [1.807, 2.05) is 7.05 Å². The third-order valence-electron chi connectivity index (χ3n) is 2.25. The molecular formula is C10H13N5O2S. The predicted molar refractivity (Wildman–Crippen MR) is 66.4 cm³/mol. The maximum atomic E-state index is 11.6. The summed E-state index contributed by atoms with van der Waals surface area (Å²) in [4.78, 5) is 15.6. The Hall–Kier alpha value is -1.96. The number of hydrogen-bond acceptors (Lipinski definition) is 7. The van der Waals surface area contributed by atoms with Crippen molar-refractivity contribution >= 4 is 22.3 Å². The first kappa shape index (κ1) is 12.5. The molecule has 1 N–H and O–H groups in total. The first-order valence-electron chi connectivity index (χ1n) is 5.39. The van der Waals surface area contributed by atoms with Crippen LogP contribution in [0.15, 0.2) is 11.8 Å². The number of thiazole rings is 1. The van der Waals surface area contributed by atoms with Crippen LogP contribution in [-0.4, -0.2) is 32.3 Å². The van der Waals surface area contributed by atoms with Crippen molar-refractivity contribution in [1.29, 1.82) is 0 Å². The van der Waals surface area contributed by atoms with Crippen LogP contribution in [0.3, 0.4) is 0 Å². The smallest absolute Gasteiger partial charge is 0.360 e. The summed E-state index contributed by atoms with van der Waals surface area (Å²) in [6.07, 6.45) is 1.62. The number of nitrogens with zero attached hydrogens (tertiary/aromatic N) is 4. The number of hydrogen-bond donors (Lipinski definition) is 1. The highest BCUT2D eigenvalue weighted by atomic mass is 32.1. The van der Waals surface area contributed by atoms with Gasteiger partial charge in [-0.15, -0.1) is 21.5 Å². The van der Waals surface area contributed by atoms with Gasteiger partial charge in [-0.2, -0.15) is 0 Å². The van der Waals surface area contributed by atoms with Crippen LogP contribution in [0.25, 0.3) is 0 Å². The van der Waals surface area contributed by atoms with Gasteiger partial charge in [0.15, 0.2) is 11.5 Å². The molecule has 0 saturated carbocycles. The van der Waals surface area contributed by atoms with E-state index in [4.69, 9.17) is 4.74 Å². The minimum Gasteiger partial charge on any atom is -0.461 e. The number of aromatic nitrogens is 4. The quantitative estimate of drug-likeness (QED) is 0.816. The van der Waals surface area contributed by atoms with Crippen LogP contribution >= 0.6 is 11.3 Å². The second-order valence-corrected chi connectivity index (χ2v) is 4.32. The lowest BCUT2D eigenvalue weighted by Crippen LogP contribution is -2.10. The Morgan fingerprint density at radius 3 is 3.11 bits per heavy atom. The van der Waals surface area contributed by atoms with Crippen molar-refractivity contribution in [3.8, 4) is 0 Å². The molecule has 0 amide bonds. The molecule has 18 heavy (non-hydrogen) atoms. The Bertz CT molecular complexity index is 536. The van der Waals surface area contributed by atoms with Crippen LogP contribution in [0.1, 0.15) is 23.2 Å². The van der Waals surface area contributed by atoms with E-state index in [1.54, 1.807) is 23.3 Å². The second-order valence-electron chi connectivity index (χ2n) is 3.46. The third kappa shape index (κ3) is 2.65. The summed E-state index contributed by atoms with van der Waals surface area (Å²) in [5.74, 6) is 0.359. The van der Waals surface area contributed by atoms with Crippen molar-refractivity contribution in [3.63, 3.8) is 0 Å². The Morgan fingerprint density at radius 1 is 1.61 bits per heavy atom. The van der Waals surface area contributed by atoms with Gasteiger partial charge < -0.3 is 14.6 Å². The highest BCUT2D eigenvalue weighted by Crippen LogP contribution is 2.21. The largest absolute Gasteiger partial charge is 0.461 e. The van der Waals surface area contributed by atoms with E-state index in [-0.39, 0.29) is 0 Å². The lowest BCUT2D eigenvalue weighted by molar-refractivity contribution is 0.0521. The molecule has 0 saturated heterocycles. The van der Waals surface area contributed by atoms with Crippen molar-refractivity contribution in [3.05, 3.63) is 23.4 Å². The Morgan fingerprint density at radius 2 is 2.44 bits per heavy atom. The minimum atomic E-state index is -0.417. The minimum absolute atomic E-state index is 0.309. The number of carbonyl (C=O) groups is 1. The molecule has 7 nitrogen and oxygen atoms in total. The lowest BCUT2D eigenvalue weighted by Gasteiger charge is -2.05. The molecule has 0 aliphatic carbocycles. The molecule has 2 aromatic rings. The summed E-state index contributed by atoms with van der Waals surface area (Å²) in [6, 6.07) is 0. The first-order valence-corrected chi connectivity index (χ1v) is 6.27. The van der Waals surface area contributed by atoms with Gasteiger partial charge in [-0.05, 0) is 6.92 Å². The maximum absolute atomic E-state index is 11.6. The monoisotopic (exact) mass is 267 g/mol. The molecule has 2 aromatic heterocycles. The number of aryl methyl sites for hydroxylation is 1. The molecule has 0 fully saturated rings. The van der Waals surface area contributed by atoms with E-state index >= 15 is 0 Å². The van der Waals surface area contributed by atoms with Crippen molar-refractivity contribution in [1.82, 2.24) is 19.7 Å². The van der Waals surface area contributed by atoms with Crippen molar-refractivity contribution in [2.45, 2.75) is 13.5 Å². The van der Waals surface area contributed by atoms with Crippen LogP contribution < -0.4 is 5.32 Å². The number of ether oxygens (including phenoxy) is 1. The van der Waals surface area contributed by atoms with Crippen LogP contribution in [-0.2, 0) is 18.3 Å². The number of rotatable bonds is 5. The van der Waals surface area contributed by atoms with Gasteiger partial charge in [0.05, 0.1) is 18.7 Å². The average molecular weight is 267 g/mol. The van der Waals surface area contributed by atoms with Crippen LogP contribution in [0, 0.1) is 0 Å². The van der Waals surface area contributed by atoms with Gasteiger partial charge in [-0.1, -0.05) is 0 Å². The molecule has 0 bridgehead atoms. The second kappa shape index (κ2) is 5.58. The maximum Gasteiger partial charge on any atom is 0.360 e. The fourth-order valence-corrected chi connectivity index (χ4v) is 2.01. The summed E-state index contributed by atoms with van der Waals surface area (Å²) in [5.41, 5.74) is 1.91. The topological polar surface area (TPSA) is 81.9 Å². The normalized spacial score (nSPS) is 10.3. The first-order chi connectivity index (χ1) is 8.72.